The van der Waals surface area contributed by atoms with Gasteiger partial charge in [-0.3, -0.25) is 9.59 Å². The minimum Gasteiger partial charge on any atom is -0.449 e. The first kappa shape index (κ1) is 18.4. The van der Waals surface area contributed by atoms with E-state index in [-0.39, 0.29) is 5.91 Å². The molecule has 0 saturated heterocycles. The normalized spacial score (nSPS) is 11.8. The molecule has 0 saturated carbocycles. The maximum atomic E-state index is 12.1. The lowest BCUT2D eigenvalue weighted by Crippen LogP contribution is -2.29. The second-order valence-corrected chi connectivity index (χ2v) is 6.15. The first-order chi connectivity index (χ1) is 11.9. The molecule has 2 rings (SSSR count). The minimum atomic E-state index is -0.935. The molecule has 7 heteroatoms. The van der Waals surface area contributed by atoms with Gasteiger partial charge in [-0.1, -0.05) is 6.07 Å². The molecule has 1 aromatic heterocycles. The molecule has 6 nitrogen and oxygen atoms in total. The molecule has 0 spiro atoms. The maximum Gasteiger partial charge on any atom is 0.331 e. The van der Waals surface area contributed by atoms with Crippen LogP contribution < -0.4 is 10.6 Å². The molecule has 0 aliphatic carbocycles. The van der Waals surface area contributed by atoms with Crippen molar-refractivity contribution in [3.05, 3.63) is 52.7 Å². The molecule has 2 N–H and O–H groups in total. The summed E-state index contributed by atoms with van der Waals surface area (Å²) >= 11 is 1.50. The Kier molecular flexibility index (Phi) is 6.47. The molecule has 2 amide bonds. The molecule has 0 fully saturated rings. The maximum absolute atomic E-state index is 12.1. The molecule has 0 unspecified atom stereocenters. The largest absolute Gasteiger partial charge is 0.449 e. The van der Waals surface area contributed by atoms with Crippen molar-refractivity contribution in [3.63, 3.8) is 0 Å². The lowest BCUT2D eigenvalue weighted by Gasteiger charge is -2.12. The summed E-state index contributed by atoms with van der Waals surface area (Å²) in [7, 11) is 0. The number of nitrogens with one attached hydrogen (secondary N) is 2. The van der Waals surface area contributed by atoms with Crippen molar-refractivity contribution in [2.75, 3.05) is 10.6 Å². The van der Waals surface area contributed by atoms with Crippen LogP contribution in [-0.2, 0) is 19.1 Å². The number of benzene rings is 1. The average molecular weight is 358 g/mol. The summed E-state index contributed by atoms with van der Waals surface area (Å²) in [4.78, 5) is 35.7. The van der Waals surface area contributed by atoms with Gasteiger partial charge in [-0.15, -0.1) is 11.3 Å². The minimum absolute atomic E-state index is 0.173. The summed E-state index contributed by atoms with van der Waals surface area (Å²) in [5, 5.41) is 7.18. The van der Waals surface area contributed by atoms with Gasteiger partial charge in [-0.25, -0.2) is 4.79 Å². The van der Waals surface area contributed by atoms with E-state index in [1.165, 1.54) is 31.3 Å². The molecule has 1 aromatic carbocycles. The van der Waals surface area contributed by atoms with Crippen LogP contribution in [0, 0.1) is 0 Å². The van der Waals surface area contributed by atoms with Crippen LogP contribution in [0.15, 0.2) is 47.9 Å². The summed E-state index contributed by atoms with van der Waals surface area (Å²) in [6.45, 7) is 2.91. The molecule has 130 valence electrons. The Bertz CT molecular complexity index is 767. The van der Waals surface area contributed by atoms with Gasteiger partial charge >= 0.3 is 5.97 Å². The summed E-state index contributed by atoms with van der Waals surface area (Å²) in [6.07, 6.45) is 1.99. The third-order valence-corrected chi connectivity index (χ3v) is 3.90. The average Bonchev–Trinajstić information content (AvgIpc) is 3.07. The van der Waals surface area contributed by atoms with Gasteiger partial charge in [0.25, 0.3) is 5.91 Å². The van der Waals surface area contributed by atoms with Crippen LogP contribution in [0.5, 0.6) is 0 Å². The third kappa shape index (κ3) is 6.23. The Labute approximate surface area is 149 Å². The van der Waals surface area contributed by atoms with Gasteiger partial charge in [0, 0.05) is 29.3 Å². The molecule has 1 heterocycles. The van der Waals surface area contributed by atoms with Crippen molar-refractivity contribution in [2.45, 2.75) is 20.0 Å². The number of esters is 1. The van der Waals surface area contributed by atoms with E-state index in [1.807, 2.05) is 17.5 Å². The number of carbonyl (C=O) groups is 3. The lowest BCUT2D eigenvalue weighted by atomic mass is 10.2. The predicted octanol–water partition coefficient (Wildman–Crippen LogP) is 3.29. The second kappa shape index (κ2) is 8.79. The van der Waals surface area contributed by atoms with Crippen LogP contribution in [0.3, 0.4) is 0 Å². The zero-order valence-electron chi connectivity index (χ0n) is 13.8. The van der Waals surface area contributed by atoms with Gasteiger partial charge in [-0.05, 0) is 48.7 Å². The summed E-state index contributed by atoms with van der Waals surface area (Å²) in [6, 6.07) is 10.4. The fraction of sp³-hybridized carbons (Fsp3) is 0.167. The van der Waals surface area contributed by atoms with Gasteiger partial charge in [-0.2, -0.15) is 0 Å². The standard InChI is InChI=1S/C18H18N2O4S/c1-12(24-17(22)10-9-16-4-3-11-25-16)18(23)20-15-7-5-14(6-8-15)19-13(2)21/h3-12H,1-2H3,(H,19,21)(H,20,23)/t12-/m1/s1. The number of hydrogen-bond acceptors (Lipinski definition) is 5. The fourth-order valence-electron chi connectivity index (χ4n) is 1.89. The summed E-state index contributed by atoms with van der Waals surface area (Å²) in [5.74, 6) is -1.20. The Hall–Kier alpha value is -2.93. The van der Waals surface area contributed by atoms with E-state index in [2.05, 4.69) is 10.6 Å². The van der Waals surface area contributed by atoms with E-state index < -0.39 is 18.0 Å². The molecule has 1 atom stereocenters. The van der Waals surface area contributed by atoms with Crippen molar-refractivity contribution in [1.29, 1.82) is 0 Å². The number of anilines is 2. The number of hydrogen-bond donors (Lipinski definition) is 2. The number of carbonyl (C=O) groups excluding carboxylic acids is 3. The van der Waals surface area contributed by atoms with Crippen LogP contribution >= 0.6 is 11.3 Å². The highest BCUT2D eigenvalue weighted by Gasteiger charge is 2.16. The molecule has 0 aliphatic heterocycles. The Balaban J connectivity index is 1.85. The number of ether oxygens (including phenoxy) is 1. The summed E-state index contributed by atoms with van der Waals surface area (Å²) < 4.78 is 5.07. The Morgan fingerprint density at radius 2 is 1.72 bits per heavy atom. The smallest absolute Gasteiger partial charge is 0.331 e. The number of amides is 2. The monoisotopic (exact) mass is 358 g/mol. The molecular formula is C18H18N2O4S. The van der Waals surface area contributed by atoms with E-state index in [1.54, 1.807) is 30.3 Å². The summed E-state index contributed by atoms with van der Waals surface area (Å²) in [5.41, 5.74) is 1.17. The fourth-order valence-corrected chi connectivity index (χ4v) is 2.51. The van der Waals surface area contributed by atoms with Crippen LogP contribution in [0.1, 0.15) is 18.7 Å². The molecule has 0 aliphatic rings. The highest BCUT2D eigenvalue weighted by Crippen LogP contribution is 2.14. The van der Waals surface area contributed by atoms with Crippen molar-refractivity contribution < 1.29 is 19.1 Å². The van der Waals surface area contributed by atoms with Gasteiger partial charge < -0.3 is 15.4 Å². The lowest BCUT2D eigenvalue weighted by molar-refractivity contribution is -0.148. The van der Waals surface area contributed by atoms with E-state index in [9.17, 15) is 14.4 Å². The van der Waals surface area contributed by atoms with Crippen molar-refractivity contribution in [2.24, 2.45) is 0 Å². The van der Waals surface area contributed by atoms with E-state index in [4.69, 9.17) is 4.74 Å². The van der Waals surface area contributed by atoms with E-state index >= 15 is 0 Å². The number of thiophene rings is 1. The molecular weight excluding hydrogens is 340 g/mol. The van der Waals surface area contributed by atoms with Crippen LogP contribution in [0.2, 0.25) is 0 Å². The zero-order valence-corrected chi connectivity index (χ0v) is 14.6. The van der Waals surface area contributed by atoms with Gasteiger partial charge in [0.05, 0.1) is 0 Å². The van der Waals surface area contributed by atoms with Gasteiger partial charge in [0.1, 0.15) is 0 Å². The highest BCUT2D eigenvalue weighted by atomic mass is 32.1. The molecule has 0 radical (unpaired) electrons. The quantitative estimate of drug-likeness (QED) is 0.613. The molecule has 0 bridgehead atoms. The van der Waals surface area contributed by atoms with Gasteiger partial charge in [0.15, 0.2) is 6.10 Å². The van der Waals surface area contributed by atoms with Crippen LogP contribution in [0.4, 0.5) is 11.4 Å². The van der Waals surface area contributed by atoms with Crippen LogP contribution in [0.25, 0.3) is 6.08 Å². The second-order valence-electron chi connectivity index (χ2n) is 5.18. The van der Waals surface area contributed by atoms with Gasteiger partial charge in [0.2, 0.25) is 5.91 Å². The van der Waals surface area contributed by atoms with E-state index in [0.29, 0.717) is 11.4 Å². The van der Waals surface area contributed by atoms with Crippen LogP contribution in [-0.4, -0.2) is 23.9 Å². The first-order valence-corrected chi connectivity index (χ1v) is 8.43. The number of rotatable bonds is 6. The Morgan fingerprint density at radius 3 is 2.28 bits per heavy atom. The predicted molar refractivity (Wildman–Crippen MR) is 98.3 cm³/mol. The van der Waals surface area contributed by atoms with E-state index in [0.717, 1.165) is 4.88 Å². The third-order valence-electron chi connectivity index (χ3n) is 3.06. The first-order valence-electron chi connectivity index (χ1n) is 7.55. The van der Waals surface area contributed by atoms with Crippen molar-refractivity contribution in [3.8, 4) is 0 Å². The topological polar surface area (TPSA) is 84.5 Å². The molecule has 25 heavy (non-hydrogen) atoms. The molecule has 2 aromatic rings. The zero-order chi connectivity index (χ0) is 18.2. The Morgan fingerprint density at radius 1 is 1.08 bits per heavy atom. The highest BCUT2D eigenvalue weighted by molar-refractivity contribution is 7.10. The van der Waals surface area contributed by atoms with Crippen molar-refractivity contribution >= 4 is 46.6 Å². The van der Waals surface area contributed by atoms with Crippen molar-refractivity contribution in [1.82, 2.24) is 0 Å². The SMILES string of the molecule is CC(=O)Nc1ccc(NC(=O)[C@@H](C)OC(=O)C=Cc2cccs2)cc1.